The maximum atomic E-state index is 10.3. The summed E-state index contributed by atoms with van der Waals surface area (Å²) in [5, 5.41) is 10.3. The molecule has 3 nitrogen and oxygen atoms in total. The monoisotopic (exact) mass is 348 g/mol. The number of hydrogen-bond acceptors (Lipinski definition) is 2. The van der Waals surface area contributed by atoms with Crippen molar-refractivity contribution in [3.05, 3.63) is 29.8 Å². The summed E-state index contributed by atoms with van der Waals surface area (Å²) < 4.78 is 6.81. The first-order valence-corrected chi connectivity index (χ1v) is 9.74. The molecule has 0 bridgehead atoms. The summed E-state index contributed by atoms with van der Waals surface area (Å²) in [4.78, 5) is 0. The van der Waals surface area contributed by atoms with Gasteiger partial charge in [0.25, 0.3) is 0 Å². The van der Waals surface area contributed by atoms with Gasteiger partial charge in [-0.15, -0.1) is 0 Å². The molecule has 1 aliphatic rings. The van der Waals surface area contributed by atoms with Crippen LogP contribution in [0.25, 0.3) is 0 Å². The summed E-state index contributed by atoms with van der Waals surface area (Å²) in [6.07, 6.45) is 3.28. The molecule has 1 aromatic carbocycles. The van der Waals surface area contributed by atoms with Crippen LogP contribution in [0.1, 0.15) is 59.4 Å². The van der Waals surface area contributed by atoms with Crippen molar-refractivity contribution in [3.63, 3.8) is 0 Å². The lowest BCUT2D eigenvalue weighted by molar-refractivity contribution is -0.900. The van der Waals surface area contributed by atoms with Crippen LogP contribution in [0.5, 0.6) is 5.75 Å². The lowest BCUT2D eigenvalue weighted by Gasteiger charge is -2.33. The number of rotatable bonds is 7. The topological polar surface area (TPSA) is 29.5 Å². The second kappa shape index (κ2) is 7.67. The number of ether oxygens (including phenoxy) is 1. The van der Waals surface area contributed by atoms with Gasteiger partial charge in [-0.05, 0) is 34.9 Å². The molecule has 25 heavy (non-hydrogen) atoms. The van der Waals surface area contributed by atoms with E-state index in [1.165, 1.54) is 31.5 Å². The predicted octanol–water partition coefficient (Wildman–Crippen LogP) is 4.38. The Hall–Kier alpha value is -1.06. The third kappa shape index (κ3) is 6.31. The van der Waals surface area contributed by atoms with Gasteiger partial charge >= 0.3 is 0 Å². The molecule has 1 unspecified atom stereocenters. The Bertz CT molecular complexity index is 536. The zero-order chi connectivity index (χ0) is 18.7. The minimum atomic E-state index is -0.403. The number of nitrogens with zero attached hydrogens (tertiary/aromatic N) is 1. The summed E-state index contributed by atoms with van der Waals surface area (Å²) in [6.45, 7) is 15.0. The van der Waals surface area contributed by atoms with Crippen LogP contribution in [-0.2, 0) is 5.41 Å². The Kier molecular flexibility index (Phi) is 6.22. The van der Waals surface area contributed by atoms with Crippen LogP contribution >= 0.6 is 0 Å². The van der Waals surface area contributed by atoms with Crippen molar-refractivity contribution >= 4 is 0 Å². The second-order valence-electron chi connectivity index (χ2n) is 10.1. The number of aliphatic hydroxyl groups is 1. The summed E-state index contributed by atoms with van der Waals surface area (Å²) in [5.74, 6) is 0.846. The maximum Gasteiger partial charge on any atom is 0.137 e. The van der Waals surface area contributed by atoms with Gasteiger partial charge in [0.15, 0.2) is 0 Å². The van der Waals surface area contributed by atoms with Crippen molar-refractivity contribution in [2.24, 2.45) is 5.41 Å². The highest BCUT2D eigenvalue weighted by Gasteiger charge is 2.30. The highest BCUT2D eigenvalue weighted by atomic mass is 16.5. The maximum absolute atomic E-state index is 10.3. The predicted molar refractivity (Wildman–Crippen MR) is 105 cm³/mol. The molecule has 0 saturated carbocycles. The van der Waals surface area contributed by atoms with E-state index >= 15 is 0 Å². The average Bonchev–Trinajstić information content (AvgIpc) is 2.89. The highest BCUT2D eigenvalue weighted by Crippen LogP contribution is 2.36. The van der Waals surface area contributed by atoms with E-state index in [0.29, 0.717) is 12.0 Å². The molecule has 1 aliphatic heterocycles. The van der Waals surface area contributed by atoms with Crippen LogP contribution in [0.3, 0.4) is 0 Å². The molecule has 2 rings (SSSR count). The molecule has 1 N–H and O–H groups in total. The van der Waals surface area contributed by atoms with Gasteiger partial charge in [-0.2, -0.15) is 0 Å². The molecule has 1 aromatic rings. The van der Waals surface area contributed by atoms with E-state index in [4.69, 9.17) is 4.74 Å². The number of quaternary nitrogens is 1. The quantitative estimate of drug-likeness (QED) is 0.741. The number of likely N-dealkylation sites (tertiary alicyclic amines) is 1. The van der Waals surface area contributed by atoms with Crippen molar-refractivity contribution in [1.82, 2.24) is 0 Å². The first-order valence-electron chi connectivity index (χ1n) is 9.74. The van der Waals surface area contributed by atoms with Gasteiger partial charge in [0.05, 0.1) is 20.1 Å². The molecule has 0 spiro atoms. The number of hydrogen-bond donors (Lipinski definition) is 1. The Balaban J connectivity index is 1.87. The fraction of sp³-hybridized carbons (Fsp3) is 0.727. The third-order valence-corrected chi connectivity index (χ3v) is 5.35. The second-order valence-corrected chi connectivity index (χ2v) is 10.1. The molecule has 3 heteroatoms. The summed E-state index contributed by atoms with van der Waals surface area (Å²) >= 11 is 0. The van der Waals surface area contributed by atoms with Gasteiger partial charge in [-0.1, -0.05) is 46.8 Å². The minimum Gasteiger partial charge on any atom is -0.491 e. The van der Waals surface area contributed by atoms with Crippen LogP contribution in [0.15, 0.2) is 24.3 Å². The zero-order valence-electron chi connectivity index (χ0n) is 17.1. The van der Waals surface area contributed by atoms with Crippen molar-refractivity contribution in [2.45, 2.75) is 65.4 Å². The number of aliphatic hydroxyl groups excluding tert-OH is 1. The van der Waals surface area contributed by atoms with Crippen molar-refractivity contribution < 1.29 is 14.3 Å². The molecule has 1 fully saturated rings. The molecule has 1 saturated heterocycles. The fourth-order valence-electron chi connectivity index (χ4n) is 4.47. The van der Waals surface area contributed by atoms with E-state index in [1.807, 2.05) is 12.1 Å². The number of benzene rings is 1. The van der Waals surface area contributed by atoms with E-state index in [9.17, 15) is 5.11 Å². The van der Waals surface area contributed by atoms with Gasteiger partial charge in [0.2, 0.25) is 0 Å². The van der Waals surface area contributed by atoms with Crippen LogP contribution in [0.2, 0.25) is 0 Å². The summed E-state index contributed by atoms with van der Waals surface area (Å²) in [5.41, 5.74) is 1.79. The smallest absolute Gasteiger partial charge is 0.137 e. The molecule has 1 atom stereocenters. The van der Waals surface area contributed by atoms with Gasteiger partial charge in [-0.25, -0.2) is 0 Å². The molecular weight excluding hydrogens is 310 g/mol. The van der Waals surface area contributed by atoms with Gasteiger partial charge in [-0.3, -0.25) is 0 Å². The van der Waals surface area contributed by atoms with E-state index in [-0.39, 0.29) is 5.41 Å². The molecular formula is C22H38NO2+. The van der Waals surface area contributed by atoms with Crippen LogP contribution in [-0.4, -0.2) is 49.0 Å². The van der Waals surface area contributed by atoms with Gasteiger partial charge < -0.3 is 14.3 Å². The van der Waals surface area contributed by atoms with Gasteiger partial charge in [0.1, 0.15) is 25.0 Å². The lowest BCUT2D eigenvalue weighted by Crippen LogP contribution is -2.47. The minimum absolute atomic E-state index is 0.144. The molecule has 0 aliphatic carbocycles. The Morgan fingerprint density at radius 1 is 1.04 bits per heavy atom. The largest absolute Gasteiger partial charge is 0.491 e. The van der Waals surface area contributed by atoms with E-state index in [1.54, 1.807) is 0 Å². The van der Waals surface area contributed by atoms with Crippen LogP contribution in [0.4, 0.5) is 0 Å². The van der Waals surface area contributed by atoms with Crippen molar-refractivity contribution in [1.29, 1.82) is 0 Å². The Labute approximate surface area is 154 Å². The molecule has 142 valence electrons. The SMILES string of the molecule is CC(C)(C)CC(C)(C)c1ccc(OCC(O)C[N+]2(C)CCCC2)cc1. The summed E-state index contributed by atoms with van der Waals surface area (Å²) in [6, 6.07) is 8.42. The molecule has 0 aromatic heterocycles. The lowest BCUT2D eigenvalue weighted by atomic mass is 9.72. The Morgan fingerprint density at radius 3 is 2.12 bits per heavy atom. The van der Waals surface area contributed by atoms with Crippen molar-refractivity contribution in [3.8, 4) is 5.75 Å². The van der Waals surface area contributed by atoms with Crippen LogP contribution < -0.4 is 4.74 Å². The standard InChI is InChI=1S/C22H38NO2/c1-21(2,3)17-22(4,5)18-9-11-20(12-10-18)25-16-19(24)15-23(6)13-7-8-14-23/h9-12,19,24H,7-8,13-17H2,1-6H3/q+1. The average molecular weight is 349 g/mol. The zero-order valence-corrected chi connectivity index (χ0v) is 17.1. The molecule has 0 amide bonds. The first kappa shape index (κ1) is 20.3. The Morgan fingerprint density at radius 2 is 1.60 bits per heavy atom. The first-order chi connectivity index (χ1) is 11.5. The van der Waals surface area contributed by atoms with Gasteiger partial charge in [0, 0.05) is 12.8 Å². The number of likely N-dealkylation sites (N-methyl/N-ethyl adjacent to an activating group) is 1. The normalized spacial score (nSPS) is 19.0. The van der Waals surface area contributed by atoms with E-state index in [0.717, 1.165) is 23.2 Å². The van der Waals surface area contributed by atoms with E-state index < -0.39 is 6.10 Å². The third-order valence-electron chi connectivity index (χ3n) is 5.35. The van der Waals surface area contributed by atoms with E-state index in [2.05, 4.69) is 53.8 Å². The summed E-state index contributed by atoms with van der Waals surface area (Å²) in [7, 11) is 2.24. The fourth-order valence-corrected chi connectivity index (χ4v) is 4.47. The molecule has 1 heterocycles. The molecule has 0 radical (unpaired) electrons. The highest BCUT2D eigenvalue weighted by molar-refractivity contribution is 5.31. The van der Waals surface area contributed by atoms with Crippen molar-refractivity contribution in [2.75, 3.05) is 33.3 Å². The van der Waals surface area contributed by atoms with Crippen LogP contribution in [0, 0.1) is 5.41 Å².